The Morgan fingerprint density at radius 3 is 2.62 bits per heavy atom. The Balaban J connectivity index is 2.12. The molecule has 0 saturated carbocycles. The largest absolute Gasteiger partial charge is 0.465 e. The Bertz CT molecular complexity index is 966. The van der Waals surface area contributed by atoms with E-state index in [0.717, 1.165) is 15.4 Å². The Morgan fingerprint density at radius 2 is 1.88 bits per heavy atom. The number of halogens is 1. The summed E-state index contributed by atoms with van der Waals surface area (Å²) in [5, 5.41) is 3.97. The summed E-state index contributed by atoms with van der Waals surface area (Å²) in [6.07, 6.45) is 0. The van der Waals surface area contributed by atoms with Gasteiger partial charge in [0.1, 0.15) is 5.56 Å². The first-order chi connectivity index (χ1) is 11.6. The molecular weight excluding hydrogens is 372 g/mol. The molecule has 0 atom stereocenters. The van der Waals surface area contributed by atoms with Crippen LogP contribution in [-0.2, 0) is 11.3 Å². The number of fused-ring (bicyclic) bond motifs is 1. The Hall–Kier alpha value is -2.60. The maximum absolute atomic E-state index is 12.3. The van der Waals surface area contributed by atoms with Crippen LogP contribution in [0.4, 0.5) is 5.69 Å². The Morgan fingerprint density at radius 1 is 1.17 bits per heavy atom. The van der Waals surface area contributed by atoms with Crippen LogP contribution in [-0.4, -0.2) is 18.1 Å². The molecular formula is C18H15BrN2O3. The fraction of sp³-hybridized carbons (Fsp3) is 0.111. The lowest BCUT2D eigenvalue weighted by molar-refractivity contribution is 0.0600. The normalized spacial score (nSPS) is 10.6. The van der Waals surface area contributed by atoms with Crippen LogP contribution in [0.25, 0.3) is 10.9 Å². The highest BCUT2D eigenvalue weighted by Crippen LogP contribution is 2.26. The van der Waals surface area contributed by atoms with E-state index in [1.54, 1.807) is 6.07 Å². The summed E-state index contributed by atoms with van der Waals surface area (Å²) in [5.74, 6) is -0.670. The highest BCUT2D eigenvalue weighted by molar-refractivity contribution is 9.10. The minimum Gasteiger partial charge on any atom is -0.465 e. The van der Waals surface area contributed by atoms with Crippen molar-refractivity contribution in [2.45, 2.75) is 6.54 Å². The topological polar surface area (TPSA) is 71.2 Å². The van der Waals surface area contributed by atoms with Crippen molar-refractivity contribution in [3.05, 3.63) is 74.5 Å². The monoisotopic (exact) mass is 386 g/mol. The van der Waals surface area contributed by atoms with Crippen LogP contribution in [0.5, 0.6) is 0 Å². The van der Waals surface area contributed by atoms with E-state index in [1.165, 1.54) is 7.11 Å². The lowest BCUT2D eigenvalue weighted by Crippen LogP contribution is -2.22. The highest BCUT2D eigenvalue weighted by Gasteiger charge is 2.20. The van der Waals surface area contributed by atoms with Crippen molar-refractivity contribution >= 4 is 38.5 Å². The molecule has 0 unspecified atom stereocenters. The second kappa shape index (κ2) is 6.88. The SMILES string of the molecule is COC(=O)c1c(NCc2ccccc2Br)c2ccccc2[nH]c1=O. The molecule has 0 amide bonds. The zero-order valence-corrected chi connectivity index (χ0v) is 14.5. The molecule has 3 aromatic rings. The van der Waals surface area contributed by atoms with Gasteiger partial charge in [-0.25, -0.2) is 4.79 Å². The van der Waals surface area contributed by atoms with Gasteiger partial charge in [0.15, 0.2) is 0 Å². The zero-order chi connectivity index (χ0) is 17.1. The molecule has 1 aromatic heterocycles. The molecule has 0 saturated heterocycles. The van der Waals surface area contributed by atoms with Gasteiger partial charge in [0.05, 0.1) is 18.3 Å². The smallest absolute Gasteiger partial charge is 0.345 e. The zero-order valence-electron chi connectivity index (χ0n) is 12.9. The predicted molar refractivity (Wildman–Crippen MR) is 97.4 cm³/mol. The van der Waals surface area contributed by atoms with E-state index in [9.17, 15) is 9.59 Å². The van der Waals surface area contributed by atoms with Gasteiger partial charge < -0.3 is 15.0 Å². The third-order valence-electron chi connectivity index (χ3n) is 3.72. The molecule has 1 heterocycles. The van der Waals surface area contributed by atoms with Crippen LogP contribution in [0.1, 0.15) is 15.9 Å². The Labute approximate surface area is 146 Å². The second-order valence-electron chi connectivity index (χ2n) is 5.19. The van der Waals surface area contributed by atoms with Gasteiger partial charge in [0, 0.05) is 16.4 Å². The third-order valence-corrected chi connectivity index (χ3v) is 4.50. The van der Waals surface area contributed by atoms with Crippen molar-refractivity contribution in [3.8, 4) is 0 Å². The molecule has 0 bridgehead atoms. The number of ether oxygens (including phenoxy) is 1. The molecule has 5 nitrogen and oxygen atoms in total. The van der Waals surface area contributed by atoms with Crippen molar-refractivity contribution in [1.29, 1.82) is 0 Å². The molecule has 2 N–H and O–H groups in total. The summed E-state index contributed by atoms with van der Waals surface area (Å²) in [6.45, 7) is 0.457. The lowest BCUT2D eigenvalue weighted by atomic mass is 10.1. The van der Waals surface area contributed by atoms with Gasteiger partial charge in [0.25, 0.3) is 5.56 Å². The number of hydrogen-bond donors (Lipinski definition) is 2. The number of nitrogens with one attached hydrogen (secondary N) is 2. The van der Waals surface area contributed by atoms with Crippen molar-refractivity contribution in [1.82, 2.24) is 4.98 Å². The minimum atomic E-state index is -0.670. The van der Waals surface area contributed by atoms with Crippen LogP contribution in [0.15, 0.2) is 57.8 Å². The van der Waals surface area contributed by atoms with Crippen LogP contribution in [0.3, 0.4) is 0 Å². The predicted octanol–water partition coefficient (Wildman–Crippen LogP) is 3.69. The van der Waals surface area contributed by atoms with E-state index in [2.05, 4.69) is 26.2 Å². The summed E-state index contributed by atoms with van der Waals surface area (Å²) in [5.41, 5.74) is 1.64. The molecule has 6 heteroatoms. The average molecular weight is 387 g/mol. The first kappa shape index (κ1) is 16.3. The quantitative estimate of drug-likeness (QED) is 0.670. The first-order valence-corrected chi connectivity index (χ1v) is 8.11. The summed E-state index contributed by atoms with van der Waals surface area (Å²) in [4.78, 5) is 27.1. The van der Waals surface area contributed by atoms with Crippen LogP contribution >= 0.6 is 15.9 Å². The summed E-state index contributed by atoms with van der Waals surface area (Å²) in [7, 11) is 1.26. The van der Waals surface area contributed by atoms with Crippen molar-refractivity contribution < 1.29 is 9.53 Å². The fourth-order valence-corrected chi connectivity index (χ4v) is 2.97. The molecule has 2 aromatic carbocycles. The molecule has 0 aliphatic heterocycles. The number of aromatic amines is 1. The van der Waals surface area contributed by atoms with E-state index in [1.807, 2.05) is 42.5 Å². The van der Waals surface area contributed by atoms with Gasteiger partial charge in [-0.2, -0.15) is 0 Å². The van der Waals surface area contributed by atoms with Gasteiger partial charge in [-0.3, -0.25) is 4.79 Å². The van der Waals surface area contributed by atoms with Gasteiger partial charge in [-0.05, 0) is 17.7 Å². The average Bonchev–Trinajstić information content (AvgIpc) is 2.60. The number of anilines is 1. The highest BCUT2D eigenvalue weighted by atomic mass is 79.9. The maximum Gasteiger partial charge on any atom is 0.345 e. The number of rotatable bonds is 4. The molecule has 122 valence electrons. The second-order valence-corrected chi connectivity index (χ2v) is 6.04. The summed E-state index contributed by atoms with van der Waals surface area (Å²) in [6, 6.07) is 15.1. The number of aromatic nitrogens is 1. The minimum absolute atomic E-state index is 0.0248. The van der Waals surface area contributed by atoms with Gasteiger partial charge in [0.2, 0.25) is 0 Å². The number of methoxy groups -OCH3 is 1. The van der Waals surface area contributed by atoms with Crippen molar-refractivity contribution in [2.24, 2.45) is 0 Å². The molecule has 0 fully saturated rings. The van der Waals surface area contributed by atoms with E-state index in [4.69, 9.17) is 4.74 Å². The fourth-order valence-electron chi connectivity index (χ4n) is 2.55. The van der Waals surface area contributed by atoms with Crippen LogP contribution < -0.4 is 10.9 Å². The van der Waals surface area contributed by atoms with E-state index in [-0.39, 0.29) is 5.56 Å². The first-order valence-electron chi connectivity index (χ1n) is 7.32. The maximum atomic E-state index is 12.3. The summed E-state index contributed by atoms with van der Waals surface area (Å²) < 4.78 is 5.72. The molecule has 3 rings (SSSR count). The van der Waals surface area contributed by atoms with Gasteiger partial charge in [-0.15, -0.1) is 0 Å². The standard InChI is InChI=1S/C18H15BrN2O3/c1-24-18(23)15-16(20-10-11-6-2-4-8-13(11)19)12-7-3-5-9-14(12)21-17(15)22/h2-9H,10H2,1H3,(H2,20,21,22). The number of benzene rings is 2. The molecule has 0 radical (unpaired) electrons. The number of H-pyrrole nitrogens is 1. The lowest BCUT2D eigenvalue weighted by Gasteiger charge is -2.14. The van der Waals surface area contributed by atoms with Crippen LogP contribution in [0.2, 0.25) is 0 Å². The van der Waals surface area contributed by atoms with Crippen LogP contribution in [0, 0.1) is 0 Å². The number of esters is 1. The van der Waals surface area contributed by atoms with Gasteiger partial charge in [-0.1, -0.05) is 52.3 Å². The molecule has 24 heavy (non-hydrogen) atoms. The number of carbonyl (C=O) groups excluding carboxylic acids is 1. The van der Waals surface area contributed by atoms with Crippen molar-refractivity contribution in [2.75, 3.05) is 12.4 Å². The third kappa shape index (κ3) is 3.05. The molecule has 0 spiro atoms. The Kier molecular flexibility index (Phi) is 4.66. The summed E-state index contributed by atoms with van der Waals surface area (Å²) >= 11 is 3.50. The number of para-hydroxylation sites is 1. The van der Waals surface area contributed by atoms with E-state index >= 15 is 0 Å². The van der Waals surface area contributed by atoms with E-state index in [0.29, 0.717) is 17.7 Å². The number of pyridine rings is 1. The molecule has 0 aliphatic carbocycles. The molecule has 0 aliphatic rings. The number of carbonyl (C=O) groups is 1. The van der Waals surface area contributed by atoms with Crippen molar-refractivity contribution in [3.63, 3.8) is 0 Å². The number of hydrogen-bond acceptors (Lipinski definition) is 4. The van der Waals surface area contributed by atoms with Gasteiger partial charge >= 0.3 is 5.97 Å². The van der Waals surface area contributed by atoms with E-state index < -0.39 is 11.5 Å².